The van der Waals surface area contributed by atoms with Crippen LogP contribution in [0.25, 0.3) is 0 Å². The van der Waals surface area contributed by atoms with Crippen molar-refractivity contribution in [2.24, 2.45) is 0 Å². The van der Waals surface area contributed by atoms with E-state index >= 15 is 0 Å². The molecular formula is C22H29N3O3. The number of hydrogen-bond acceptors (Lipinski definition) is 4. The summed E-state index contributed by atoms with van der Waals surface area (Å²) in [4.78, 5) is 26.3. The monoisotopic (exact) mass is 383 g/mol. The number of hydrogen-bond donors (Lipinski definition) is 2. The Kier molecular flexibility index (Phi) is 7.58. The van der Waals surface area contributed by atoms with Gasteiger partial charge in [0.15, 0.2) is 0 Å². The summed E-state index contributed by atoms with van der Waals surface area (Å²) in [5.74, 6) is 0.710. The predicted octanol–water partition coefficient (Wildman–Crippen LogP) is 3.64. The molecule has 0 aliphatic rings. The van der Waals surface area contributed by atoms with Gasteiger partial charge in [-0.05, 0) is 55.3 Å². The molecule has 0 radical (unpaired) electrons. The smallest absolute Gasteiger partial charge is 0.238 e. The summed E-state index contributed by atoms with van der Waals surface area (Å²) >= 11 is 0. The summed E-state index contributed by atoms with van der Waals surface area (Å²) < 4.78 is 5.10. The van der Waals surface area contributed by atoms with E-state index in [2.05, 4.69) is 24.5 Å². The molecule has 2 aromatic carbocycles. The lowest BCUT2D eigenvalue weighted by Gasteiger charge is -2.19. The summed E-state index contributed by atoms with van der Waals surface area (Å²) in [6.45, 7) is 6.42. The van der Waals surface area contributed by atoms with Gasteiger partial charge in [-0.2, -0.15) is 0 Å². The molecule has 2 aromatic rings. The third-order valence-corrected chi connectivity index (χ3v) is 4.39. The number of benzene rings is 2. The minimum Gasteiger partial charge on any atom is -0.497 e. The van der Waals surface area contributed by atoms with Gasteiger partial charge in [0.05, 0.1) is 20.2 Å². The van der Waals surface area contributed by atoms with Crippen molar-refractivity contribution in [2.75, 3.05) is 37.9 Å². The highest BCUT2D eigenvalue weighted by Gasteiger charge is 2.15. The lowest BCUT2D eigenvalue weighted by Crippen LogP contribution is -2.36. The van der Waals surface area contributed by atoms with Crippen LogP contribution in [0.2, 0.25) is 0 Å². The number of carbonyl (C=O) groups excluding carboxylic acids is 2. The van der Waals surface area contributed by atoms with Crippen LogP contribution in [0.1, 0.15) is 30.9 Å². The molecule has 6 heteroatoms. The zero-order valence-corrected chi connectivity index (χ0v) is 17.2. The third-order valence-electron chi connectivity index (χ3n) is 4.39. The van der Waals surface area contributed by atoms with Crippen molar-refractivity contribution >= 4 is 23.2 Å². The normalized spacial score (nSPS) is 10.8. The topological polar surface area (TPSA) is 70.7 Å². The molecule has 0 unspecified atom stereocenters. The average molecular weight is 383 g/mol. The van der Waals surface area contributed by atoms with Crippen molar-refractivity contribution in [3.63, 3.8) is 0 Å². The standard InChI is InChI=1S/C22H29N3O3/c1-15(2)19-8-6-7-16(3)22(19)24-21(27)14-25(4)13-20(26)23-17-9-11-18(28-5)12-10-17/h6-12,15H,13-14H2,1-5H3,(H,23,26)(H,24,27). The molecule has 0 saturated heterocycles. The second kappa shape index (κ2) is 9.90. The molecule has 2 rings (SSSR count). The zero-order chi connectivity index (χ0) is 20.7. The Balaban J connectivity index is 1.89. The first-order valence-corrected chi connectivity index (χ1v) is 9.32. The van der Waals surface area contributed by atoms with Crippen molar-refractivity contribution in [2.45, 2.75) is 26.7 Å². The number of nitrogens with zero attached hydrogens (tertiary/aromatic N) is 1. The molecular weight excluding hydrogens is 354 g/mol. The third kappa shape index (κ3) is 6.09. The molecule has 0 fully saturated rings. The molecule has 0 aromatic heterocycles. The van der Waals surface area contributed by atoms with E-state index in [1.165, 1.54) is 0 Å². The number of ether oxygens (including phenoxy) is 1. The molecule has 150 valence electrons. The highest BCUT2D eigenvalue weighted by Crippen LogP contribution is 2.27. The molecule has 0 aliphatic heterocycles. The minimum absolute atomic E-state index is 0.115. The van der Waals surface area contributed by atoms with E-state index in [9.17, 15) is 9.59 Å². The van der Waals surface area contributed by atoms with Crippen LogP contribution in [0.3, 0.4) is 0 Å². The lowest BCUT2D eigenvalue weighted by atomic mass is 9.98. The maximum Gasteiger partial charge on any atom is 0.238 e. The van der Waals surface area contributed by atoms with Crippen LogP contribution in [0.4, 0.5) is 11.4 Å². The van der Waals surface area contributed by atoms with Gasteiger partial charge in [-0.3, -0.25) is 14.5 Å². The largest absolute Gasteiger partial charge is 0.497 e. The minimum atomic E-state index is -0.181. The Morgan fingerprint density at radius 2 is 1.61 bits per heavy atom. The van der Waals surface area contributed by atoms with Gasteiger partial charge in [-0.1, -0.05) is 32.0 Å². The first-order chi connectivity index (χ1) is 13.3. The number of amides is 2. The van der Waals surface area contributed by atoms with Crippen LogP contribution in [-0.4, -0.2) is 44.0 Å². The first-order valence-electron chi connectivity index (χ1n) is 9.32. The maximum absolute atomic E-state index is 12.5. The Hall–Kier alpha value is -2.86. The number of carbonyl (C=O) groups is 2. The Morgan fingerprint density at radius 1 is 1.00 bits per heavy atom. The summed E-state index contributed by atoms with van der Waals surface area (Å²) in [5, 5.41) is 5.81. The van der Waals surface area contributed by atoms with Gasteiger partial charge in [0, 0.05) is 11.4 Å². The molecule has 0 atom stereocenters. The number of methoxy groups -OCH3 is 1. The molecule has 0 aliphatic carbocycles. The number of para-hydroxylation sites is 1. The fourth-order valence-corrected chi connectivity index (χ4v) is 2.94. The number of likely N-dealkylation sites (N-methyl/N-ethyl adjacent to an activating group) is 1. The van der Waals surface area contributed by atoms with Crippen molar-refractivity contribution < 1.29 is 14.3 Å². The van der Waals surface area contributed by atoms with Gasteiger partial charge in [-0.15, -0.1) is 0 Å². The Morgan fingerprint density at radius 3 is 2.18 bits per heavy atom. The van der Waals surface area contributed by atoms with Gasteiger partial charge in [0.25, 0.3) is 0 Å². The van der Waals surface area contributed by atoms with Crippen molar-refractivity contribution in [3.8, 4) is 5.75 Å². The van der Waals surface area contributed by atoms with E-state index in [0.29, 0.717) is 11.6 Å². The van der Waals surface area contributed by atoms with Crippen LogP contribution in [0, 0.1) is 6.92 Å². The number of aryl methyl sites for hydroxylation is 1. The fourth-order valence-electron chi connectivity index (χ4n) is 2.94. The maximum atomic E-state index is 12.5. The van der Waals surface area contributed by atoms with Gasteiger partial charge in [0.1, 0.15) is 5.75 Å². The van der Waals surface area contributed by atoms with Gasteiger partial charge >= 0.3 is 0 Å². The van der Waals surface area contributed by atoms with Crippen LogP contribution < -0.4 is 15.4 Å². The second-order valence-electron chi connectivity index (χ2n) is 7.19. The molecule has 6 nitrogen and oxygen atoms in total. The van der Waals surface area contributed by atoms with Gasteiger partial charge in [0.2, 0.25) is 11.8 Å². The van der Waals surface area contributed by atoms with E-state index < -0.39 is 0 Å². The Labute approximate surface area is 166 Å². The van der Waals surface area contributed by atoms with Crippen LogP contribution in [-0.2, 0) is 9.59 Å². The molecule has 28 heavy (non-hydrogen) atoms. The predicted molar refractivity (Wildman–Crippen MR) is 113 cm³/mol. The van der Waals surface area contributed by atoms with E-state index in [4.69, 9.17) is 4.74 Å². The number of anilines is 2. The molecule has 2 N–H and O–H groups in total. The van der Waals surface area contributed by atoms with E-state index in [1.54, 1.807) is 43.3 Å². The zero-order valence-electron chi connectivity index (χ0n) is 17.2. The summed E-state index contributed by atoms with van der Waals surface area (Å²) in [5.41, 5.74) is 3.68. The summed E-state index contributed by atoms with van der Waals surface area (Å²) in [7, 11) is 3.34. The van der Waals surface area contributed by atoms with E-state index in [-0.39, 0.29) is 24.9 Å². The van der Waals surface area contributed by atoms with Crippen LogP contribution >= 0.6 is 0 Å². The highest BCUT2D eigenvalue weighted by molar-refractivity contribution is 5.95. The van der Waals surface area contributed by atoms with E-state index in [1.807, 2.05) is 25.1 Å². The average Bonchev–Trinajstić information content (AvgIpc) is 2.63. The van der Waals surface area contributed by atoms with Crippen molar-refractivity contribution in [1.29, 1.82) is 0 Å². The Bertz CT molecular complexity index is 816. The molecule has 0 saturated carbocycles. The lowest BCUT2D eigenvalue weighted by molar-refractivity contribution is -0.119. The van der Waals surface area contributed by atoms with Crippen molar-refractivity contribution in [3.05, 3.63) is 53.6 Å². The second-order valence-corrected chi connectivity index (χ2v) is 7.19. The summed E-state index contributed by atoms with van der Waals surface area (Å²) in [6.07, 6.45) is 0. The van der Waals surface area contributed by atoms with Crippen LogP contribution in [0.15, 0.2) is 42.5 Å². The van der Waals surface area contributed by atoms with E-state index in [0.717, 1.165) is 22.6 Å². The fraction of sp³-hybridized carbons (Fsp3) is 0.364. The van der Waals surface area contributed by atoms with Crippen molar-refractivity contribution in [1.82, 2.24) is 4.90 Å². The quantitative estimate of drug-likeness (QED) is 0.730. The van der Waals surface area contributed by atoms with Crippen LogP contribution in [0.5, 0.6) is 5.75 Å². The van der Waals surface area contributed by atoms with Gasteiger partial charge in [-0.25, -0.2) is 0 Å². The van der Waals surface area contributed by atoms with Gasteiger partial charge < -0.3 is 15.4 Å². The molecule has 0 bridgehead atoms. The highest BCUT2D eigenvalue weighted by atomic mass is 16.5. The summed E-state index contributed by atoms with van der Waals surface area (Å²) in [6, 6.07) is 13.1. The molecule has 2 amide bonds. The molecule has 0 spiro atoms. The molecule has 0 heterocycles. The number of nitrogens with one attached hydrogen (secondary N) is 2. The first kappa shape index (κ1) is 21.4. The SMILES string of the molecule is COc1ccc(NC(=O)CN(C)CC(=O)Nc2c(C)cccc2C(C)C)cc1. The number of rotatable bonds is 8.